The second-order valence-corrected chi connectivity index (χ2v) is 8.22. The molecule has 0 aliphatic carbocycles. The molecule has 0 aromatic heterocycles. The summed E-state index contributed by atoms with van der Waals surface area (Å²) in [5, 5.41) is 4.14. The van der Waals surface area contributed by atoms with Crippen molar-refractivity contribution in [2.45, 2.75) is 29.2 Å². The lowest BCUT2D eigenvalue weighted by Gasteiger charge is -2.28. The molecule has 1 aromatic rings. The second-order valence-electron chi connectivity index (χ2n) is 4.77. The molecule has 1 unspecified atom stereocenters. The van der Waals surface area contributed by atoms with Gasteiger partial charge >= 0.3 is 0 Å². The minimum atomic E-state index is -3.44. The van der Waals surface area contributed by atoms with Gasteiger partial charge in [-0.15, -0.1) is 0 Å². The predicted molar refractivity (Wildman–Crippen MR) is 86.5 cm³/mol. The van der Waals surface area contributed by atoms with Crippen LogP contribution in [-0.2, 0) is 9.84 Å². The topological polar surface area (TPSA) is 70.6 Å². The second kappa shape index (κ2) is 5.87. The molecule has 1 aliphatic rings. The number of para-hydroxylation sites is 1. The molecule has 2 rings (SSSR count). The van der Waals surface area contributed by atoms with Crippen molar-refractivity contribution in [3.8, 4) is 0 Å². The Balaban J connectivity index is 2.37. The molecule has 5 nitrogen and oxygen atoms in total. The van der Waals surface area contributed by atoms with Crippen LogP contribution in [-0.4, -0.2) is 25.1 Å². The number of halogens is 2. The van der Waals surface area contributed by atoms with Crippen molar-refractivity contribution in [3.05, 3.63) is 35.5 Å². The van der Waals surface area contributed by atoms with E-state index in [9.17, 15) is 8.42 Å². The maximum absolute atomic E-state index is 12.4. The van der Waals surface area contributed by atoms with Gasteiger partial charge in [0.25, 0.3) is 5.25 Å². The van der Waals surface area contributed by atoms with Crippen LogP contribution in [0, 0.1) is 0 Å². The van der Waals surface area contributed by atoms with Crippen LogP contribution < -0.4 is 10.6 Å². The standard InChI is InChI=1S/C13H15Cl2N3O2S/c1-9(2)21(19,20)12-6-4-3-5-11(12)18-13(15)16-7-10(14)8-17-13/h3-9,16,18H,1-2H3. The number of hydrogen-bond donors (Lipinski definition) is 2. The summed E-state index contributed by atoms with van der Waals surface area (Å²) < 4.78 is 24.8. The predicted octanol–water partition coefficient (Wildman–Crippen LogP) is 2.88. The Bertz CT molecular complexity index is 701. The van der Waals surface area contributed by atoms with Crippen LogP contribution in [0.1, 0.15) is 13.8 Å². The molecule has 0 saturated carbocycles. The largest absolute Gasteiger partial charge is 0.336 e. The lowest BCUT2D eigenvalue weighted by molar-refractivity contribution is 0.585. The first-order valence-corrected chi connectivity index (χ1v) is 8.53. The number of alkyl halides is 1. The summed E-state index contributed by atoms with van der Waals surface area (Å²) in [4.78, 5) is 4.21. The van der Waals surface area contributed by atoms with E-state index in [0.29, 0.717) is 10.7 Å². The summed E-state index contributed by atoms with van der Waals surface area (Å²) in [5.41, 5.74) is 0.372. The molecule has 0 bridgehead atoms. The molecule has 0 fully saturated rings. The zero-order valence-electron chi connectivity index (χ0n) is 11.5. The first-order valence-electron chi connectivity index (χ1n) is 6.23. The van der Waals surface area contributed by atoms with Crippen molar-refractivity contribution >= 4 is 44.9 Å². The summed E-state index contributed by atoms with van der Waals surface area (Å²) >= 11 is 12.0. The molecule has 1 atom stereocenters. The fraction of sp³-hybridized carbons (Fsp3) is 0.308. The molecule has 1 aliphatic heterocycles. The Morgan fingerprint density at radius 1 is 1.33 bits per heavy atom. The highest BCUT2D eigenvalue weighted by molar-refractivity contribution is 7.92. The molecule has 21 heavy (non-hydrogen) atoms. The van der Waals surface area contributed by atoms with Crippen LogP contribution in [0.15, 0.2) is 45.4 Å². The van der Waals surface area contributed by atoms with Gasteiger partial charge in [0, 0.05) is 12.4 Å². The van der Waals surface area contributed by atoms with Gasteiger partial charge in [0.05, 0.1) is 20.9 Å². The van der Waals surface area contributed by atoms with Crippen LogP contribution in [0.5, 0.6) is 0 Å². The molecule has 8 heteroatoms. The van der Waals surface area contributed by atoms with Crippen molar-refractivity contribution in [1.29, 1.82) is 0 Å². The number of sulfone groups is 1. The average Bonchev–Trinajstić information content (AvgIpc) is 2.43. The zero-order chi connectivity index (χ0) is 15.7. The van der Waals surface area contributed by atoms with Crippen molar-refractivity contribution in [1.82, 2.24) is 5.32 Å². The fourth-order valence-corrected chi connectivity index (χ4v) is 3.22. The molecule has 1 heterocycles. The van der Waals surface area contributed by atoms with E-state index in [1.165, 1.54) is 18.5 Å². The van der Waals surface area contributed by atoms with Gasteiger partial charge in [-0.2, -0.15) is 0 Å². The van der Waals surface area contributed by atoms with E-state index >= 15 is 0 Å². The highest BCUT2D eigenvalue weighted by Crippen LogP contribution is 2.29. The molecule has 1 aromatic carbocycles. The van der Waals surface area contributed by atoms with E-state index in [0.717, 1.165) is 0 Å². The summed E-state index contributed by atoms with van der Waals surface area (Å²) in [6, 6.07) is 6.55. The van der Waals surface area contributed by atoms with E-state index < -0.39 is 20.3 Å². The third kappa shape index (κ3) is 3.51. The van der Waals surface area contributed by atoms with Gasteiger partial charge in [-0.1, -0.05) is 23.7 Å². The number of aliphatic imine (C=N–C) groups is 1. The molecule has 0 saturated heterocycles. The van der Waals surface area contributed by atoms with Gasteiger partial charge in [0.2, 0.25) is 0 Å². The first kappa shape index (κ1) is 16.1. The molecular formula is C13H15Cl2N3O2S. The van der Waals surface area contributed by atoms with Crippen LogP contribution in [0.4, 0.5) is 5.69 Å². The summed E-state index contributed by atoms with van der Waals surface area (Å²) in [6.45, 7) is 3.25. The Morgan fingerprint density at radius 3 is 2.57 bits per heavy atom. The van der Waals surface area contributed by atoms with E-state index in [1.54, 1.807) is 32.0 Å². The molecule has 2 N–H and O–H groups in total. The molecule has 114 valence electrons. The third-order valence-corrected chi connectivity index (χ3v) is 5.60. The van der Waals surface area contributed by atoms with E-state index in [4.69, 9.17) is 23.2 Å². The Morgan fingerprint density at radius 2 is 2.00 bits per heavy atom. The van der Waals surface area contributed by atoms with Gasteiger partial charge in [-0.25, -0.2) is 13.4 Å². The Labute approximate surface area is 134 Å². The smallest absolute Gasteiger partial charge is 0.286 e. The summed E-state index contributed by atoms with van der Waals surface area (Å²) in [6.07, 6.45) is 2.87. The minimum Gasteiger partial charge on any atom is -0.336 e. The van der Waals surface area contributed by atoms with Gasteiger partial charge in [0.1, 0.15) is 0 Å². The van der Waals surface area contributed by atoms with Gasteiger partial charge in [0.15, 0.2) is 9.84 Å². The van der Waals surface area contributed by atoms with E-state index in [-0.39, 0.29) is 4.90 Å². The quantitative estimate of drug-likeness (QED) is 0.648. The van der Waals surface area contributed by atoms with Crippen molar-refractivity contribution in [2.24, 2.45) is 4.99 Å². The third-order valence-electron chi connectivity index (χ3n) is 2.88. The van der Waals surface area contributed by atoms with Crippen LogP contribution >= 0.6 is 23.2 Å². The van der Waals surface area contributed by atoms with Crippen molar-refractivity contribution in [3.63, 3.8) is 0 Å². The highest BCUT2D eigenvalue weighted by Gasteiger charge is 2.30. The Kier molecular flexibility index (Phi) is 4.51. The van der Waals surface area contributed by atoms with Crippen molar-refractivity contribution < 1.29 is 8.42 Å². The summed E-state index contributed by atoms with van der Waals surface area (Å²) in [5.74, 6) is 0. The maximum atomic E-state index is 12.4. The number of benzene rings is 1. The van der Waals surface area contributed by atoms with Gasteiger partial charge in [-0.3, -0.25) is 0 Å². The van der Waals surface area contributed by atoms with E-state index in [1.807, 2.05) is 0 Å². The first-order chi connectivity index (χ1) is 9.74. The normalized spacial score (nSPS) is 21.9. The number of rotatable bonds is 4. The van der Waals surface area contributed by atoms with Crippen LogP contribution in [0.3, 0.4) is 0 Å². The van der Waals surface area contributed by atoms with E-state index in [2.05, 4.69) is 15.6 Å². The fourth-order valence-electron chi connectivity index (χ4n) is 1.71. The number of hydrogen-bond acceptors (Lipinski definition) is 5. The van der Waals surface area contributed by atoms with Crippen LogP contribution in [0.2, 0.25) is 0 Å². The molecule has 0 radical (unpaired) electrons. The lowest BCUT2D eigenvalue weighted by atomic mass is 10.3. The minimum absolute atomic E-state index is 0.178. The van der Waals surface area contributed by atoms with Gasteiger partial charge < -0.3 is 10.6 Å². The number of allylic oxidation sites excluding steroid dienone is 1. The molecular weight excluding hydrogens is 333 g/mol. The van der Waals surface area contributed by atoms with Crippen LogP contribution in [0.25, 0.3) is 0 Å². The number of nitrogens with one attached hydrogen (secondary N) is 2. The zero-order valence-corrected chi connectivity index (χ0v) is 13.8. The maximum Gasteiger partial charge on any atom is 0.286 e. The van der Waals surface area contributed by atoms with Gasteiger partial charge in [-0.05, 0) is 37.6 Å². The number of anilines is 1. The molecule has 0 spiro atoms. The molecule has 0 amide bonds. The van der Waals surface area contributed by atoms with Crippen molar-refractivity contribution in [2.75, 3.05) is 5.32 Å². The lowest BCUT2D eigenvalue weighted by Crippen LogP contribution is -2.44. The Hall–Kier alpha value is -1.24. The summed E-state index contributed by atoms with van der Waals surface area (Å²) in [7, 11) is -3.44. The number of nitrogens with zero attached hydrogens (tertiary/aromatic N) is 1. The highest BCUT2D eigenvalue weighted by atomic mass is 35.5. The monoisotopic (exact) mass is 347 g/mol. The average molecular weight is 348 g/mol. The SMILES string of the molecule is CC(C)S(=O)(=O)c1ccccc1NC1(Cl)N=CC(Cl)=CN1.